The number of amides is 2. The van der Waals surface area contributed by atoms with Gasteiger partial charge in [0.1, 0.15) is 5.84 Å². The van der Waals surface area contributed by atoms with Crippen molar-refractivity contribution in [2.45, 2.75) is 12.3 Å². The lowest BCUT2D eigenvalue weighted by Gasteiger charge is -2.18. The fourth-order valence-electron chi connectivity index (χ4n) is 3.17. The van der Waals surface area contributed by atoms with E-state index in [4.69, 9.17) is 11.5 Å². The van der Waals surface area contributed by atoms with Crippen LogP contribution in [0.5, 0.6) is 0 Å². The Morgan fingerprint density at radius 3 is 2.61 bits per heavy atom. The van der Waals surface area contributed by atoms with Gasteiger partial charge in [-0.05, 0) is 36.7 Å². The van der Waals surface area contributed by atoms with E-state index in [-0.39, 0.29) is 23.5 Å². The maximum atomic E-state index is 13.0. The molecule has 9 heteroatoms. The quantitative estimate of drug-likeness (QED) is 0.225. The van der Waals surface area contributed by atoms with Crippen molar-refractivity contribution in [2.24, 2.45) is 10.7 Å². The number of benzene rings is 2. The van der Waals surface area contributed by atoms with Crippen molar-refractivity contribution in [1.82, 2.24) is 15.3 Å². The summed E-state index contributed by atoms with van der Waals surface area (Å²) in [5.74, 6) is -0.605. The zero-order chi connectivity index (χ0) is 22.2. The van der Waals surface area contributed by atoms with Crippen LogP contribution < -0.4 is 22.1 Å². The van der Waals surface area contributed by atoms with E-state index in [2.05, 4.69) is 25.6 Å². The molecule has 3 aromatic rings. The van der Waals surface area contributed by atoms with Crippen molar-refractivity contribution in [3.63, 3.8) is 0 Å². The highest BCUT2D eigenvalue weighted by molar-refractivity contribution is 6.14. The first kappa shape index (κ1) is 21.7. The Morgan fingerprint density at radius 2 is 1.97 bits per heavy atom. The van der Waals surface area contributed by atoms with Gasteiger partial charge >= 0.3 is 0 Å². The summed E-state index contributed by atoms with van der Waals surface area (Å²) in [6.07, 6.45) is 3.54. The lowest BCUT2D eigenvalue weighted by molar-refractivity contribution is -0.117. The van der Waals surface area contributed by atoms with E-state index < -0.39 is 5.91 Å². The molecule has 7 N–H and O–H groups in total. The lowest BCUT2D eigenvalue weighted by atomic mass is 9.94. The minimum Gasteiger partial charge on any atom is -0.398 e. The average molecular weight is 419 g/mol. The van der Waals surface area contributed by atoms with Gasteiger partial charge in [-0.15, -0.1) is 0 Å². The summed E-state index contributed by atoms with van der Waals surface area (Å²) in [6, 6.07) is 14.5. The summed E-state index contributed by atoms with van der Waals surface area (Å²) >= 11 is 0. The van der Waals surface area contributed by atoms with Gasteiger partial charge in [-0.2, -0.15) is 0 Å². The number of amidine groups is 1. The Bertz CT molecular complexity index is 1060. The molecule has 0 spiro atoms. The summed E-state index contributed by atoms with van der Waals surface area (Å²) < 4.78 is 0. The van der Waals surface area contributed by atoms with E-state index in [9.17, 15) is 9.59 Å². The predicted octanol–water partition coefficient (Wildman–Crippen LogP) is 1.87. The number of aromatic nitrogens is 2. The van der Waals surface area contributed by atoms with Crippen LogP contribution in [-0.2, 0) is 4.79 Å². The van der Waals surface area contributed by atoms with E-state index in [1.807, 2.05) is 30.3 Å². The molecule has 0 fully saturated rings. The number of carbonyl (C=O) groups excluding carboxylic acids is 2. The standard InChI is InChI=1S/C22H25N7O2/c1-25-19(29-22(31)20-26-11-12-27-20)17-13-15(7-8-18(17)24)28-21(30)16(9-10-23)14-5-3-2-4-6-14/h2-8,11-13,16H,9-10,23-24H2,1H3,(H,26,27)(H,28,30)(H,25,29,31). The van der Waals surface area contributed by atoms with Gasteiger partial charge in [0.05, 0.1) is 5.92 Å². The third-order valence-electron chi connectivity index (χ3n) is 4.72. The molecule has 3 rings (SSSR count). The zero-order valence-electron chi connectivity index (χ0n) is 17.1. The van der Waals surface area contributed by atoms with E-state index in [0.717, 1.165) is 5.56 Å². The van der Waals surface area contributed by atoms with Gasteiger partial charge in [-0.3, -0.25) is 14.6 Å². The minimum atomic E-state index is -0.452. The maximum absolute atomic E-state index is 13.0. The van der Waals surface area contributed by atoms with Crippen LogP contribution in [0.25, 0.3) is 0 Å². The molecule has 31 heavy (non-hydrogen) atoms. The smallest absolute Gasteiger partial charge is 0.292 e. The van der Waals surface area contributed by atoms with Crippen molar-refractivity contribution in [3.8, 4) is 0 Å². The number of hydrogen-bond donors (Lipinski definition) is 5. The van der Waals surface area contributed by atoms with Gasteiger partial charge in [0, 0.05) is 36.4 Å². The van der Waals surface area contributed by atoms with Crippen LogP contribution in [0.2, 0.25) is 0 Å². The Balaban J connectivity index is 1.81. The monoisotopic (exact) mass is 419 g/mol. The summed E-state index contributed by atoms with van der Waals surface area (Å²) in [7, 11) is 1.54. The summed E-state index contributed by atoms with van der Waals surface area (Å²) in [6.45, 7) is 0.380. The molecule has 0 aliphatic carbocycles. The van der Waals surface area contributed by atoms with Gasteiger partial charge in [0.15, 0.2) is 5.82 Å². The highest BCUT2D eigenvalue weighted by atomic mass is 16.2. The van der Waals surface area contributed by atoms with Crippen molar-refractivity contribution in [3.05, 3.63) is 77.9 Å². The number of anilines is 2. The number of carbonyl (C=O) groups is 2. The first-order chi connectivity index (χ1) is 15.0. The van der Waals surface area contributed by atoms with Gasteiger partial charge < -0.3 is 27.1 Å². The summed E-state index contributed by atoms with van der Waals surface area (Å²) in [5, 5.41) is 5.60. The van der Waals surface area contributed by atoms with Gasteiger partial charge in [0.2, 0.25) is 5.91 Å². The molecule has 1 aromatic heterocycles. The number of aliphatic imine (C=N–C) groups is 1. The van der Waals surface area contributed by atoms with E-state index in [1.54, 1.807) is 24.4 Å². The topological polar surface area (TPSA) is 151 Å². The maximum Gasteiger partial charge on any atom is 0.292 e. The lowest BCUT2D eigenvalue weighted by Crippen LogP contribution is -2.32. The molecule has 0 saturated carbocycles. The summed E-state index contributed by atoms with van der Waals surface area (Å²) in [5.41, 5.74) is 14.1. The molecule has 160 valence electrons. The Labute approximate surface area is 180 Å². The third kappa shape index (κ3) is 5.34. The number of nitrogens with one attached hydrogen (secondary N) is 3. The molecule has 1 atom stereocenters. The van der Waals surface area contributed by atoms with E-state index >= 15 is 0 Å². The van der Waals surface area contributed by atoms with Gasteiger partial charge in [-0.1, -0.05) is 30.3 Å². The van der Waals surface area contributed by atoms with Gasteiger partial charge in [-0.25, -0.2) is 4.98 Å². The van der Waals surface area contributed by atoms with Crippen LogP contribution in [0.4, 0.5) is 11.4 Å². The molecular weight excluding hydrogens is 394 g/mol. The largest absolute Gasteiger partial charge is 0.398 e. The number of nitrogen functional groups attached to an aromatic ring is 1. The molecule has 2 amide bonds. The SMILES string of the molecule is C/N=C(/NC(=O)c1ncc[nH]1)c1cc(NC(=O)C(CCN)c2ccccc2)ccc1N. The first-order valence-corrected chi connectivity index (χ1v) is 9.76. The highest BCUT2D eigenvalue weighted by Gasteiger charge is 2.21. The highest BCUT2D eigenvalue weighted by Crippen LogP contribution is 2.23. The predicted molar refractivity (Wildman–Crippen MR) is 121 cm³/mol. The molecule has 9 nitrogen and oxygen atoms in total. The second kappa shape index (κ2) is 10.2. The Morgan fingerprint density at radius 1 is 1.19 bits per heavy atom. The normalized spacial score (nSPS) is 12.3. The number of nitrogens with zero attached hydrogens (tertiary/aromatic N) is 2. The molecule has 0 saturated heterocycles. The first-order valence-electron chi connectivity index (χ1n) is 9.76. The molecule has 0 bridgehead atoms. The second-order valence-corrected chi connectivity index (χ2v) is 6.80. The number of rotatable bonds is 7. The van der Waals surface area contributed by atoms with Crippen molar-refractivity contribution in [1.29, 1.82) is 0 Å². The van der Waals surface area contributed by atoms with Crippen LogP contribution in [0, 0.1) is 0 Å². The van der Waals surface area contributed by atoms with Gasteiger partial charge in [0.25, 0.3) is 5.91 Å². The molecular formula is C22H25N7O2. The van der Waals surface area contributed by atoms with Crippen LogP contribution in [0.3, 0.4) is 0 Å². The number of aromatic amines is 1. The molecule has 2 aromatic carbocycles. The molecule has 0 aliphatic heterocycles. The van der Waals surface area contributed by atoms with Crippen LogP contribution in [0.15, 0.2) is 65.9 Å². The van der Waals surface area contributed by atoms with Crippen molar-refractivity contribution >= 4 is 29.0 Å². The van der Waals surface area contributed by atoms with E-state index in [1.165, 1.54) is 13.2 Å². The van der Waals surface area contributed by atoms with Crippen LogP contribution in [-0.4, -0.2) is 41.2 Å². The summed E-state index contributed by atoms with van der Waals surface area (Å²) in [4.78, 5) is 36.1. The number of nitrogens with two attached hydrogens (primary N) is 2. The number of hydrogen-bond acceptors (Lipinski definition) is 6. The number of H-pyrrole nitrogens is 1. The van der Waals surface area contributed by atoms with Crippen LogP contribution in [0.1, 0.15) is 34.1 Å². The second-order valence-electron chi connectivity index (χ2n) is 6.80. The Hall–Kier alpha value is -3.98. The van der Waals surface area contributed by atoms with E-state index in [0.29, 0.717) is 29.9 Å². The fraction of sp³-hybridized carbons (Fsp3) is 0.182. The molecule has 0 aliphatic rings. The molecule has 1 heterocycles. The molecule has 0 radical (unpaired) electrons. The average Bonchev–Trinajstić information content (AvgIpc) is 3.33. The minimum absolute atomic E-state index is 0.150. The van der Waals surface area contributed by atoms with Crippen molar-refractivity contribution in [2.75, 3.05) is 24.6 Å². The van der Waals surface area contributed by atoms with Crippen LogP contribution >= 0.6 is 0 Å². The van der Waals surface area contributed by atoms with Crippen molar-refractivity contribution < 1.29 is 9.59 Å². The fourth-order valence-corrected chi connectivity index (χ4v) is 3.17. The number of imidazole rings is 1. The zero-order valence-corrected chi connectivity index (χ0v) is 17.1. The third-order valence-corrected chi connectivity index (χ3v) is 4.72. The Kier molecular flexibility index (Phi) is 7.13. The molecule has 1 unspecified atom stereocenters.